The van der Waals surface area contributed by atoms with Crippen LogP contribution in [0.1, 0.15) is 73.6 Å². The maximum absolute atomic E-state index is 12.2. The largest absolute Gasteiger partial charge is 0.375 e. The molecule has 1 atom stereocenters. The number of hydrogen-bond acceptors (Lipinski definition) is 4. The van der Waals surface area contributed by atoms with Gasteiger partial charge < -0.3 is 10.1 Å². The molecule has 1 aliphatic heterocycles. The fraction of sp³-hybridized carbons (Fsp3) is 0.842. The molecule has 1 heterocycles. The second-order valence-electron chi connectivity index (χ2n) is 8.28. The van der Waals surface area contributed by atoms with E-state index in [0.29, 0.717) is 13.0 Å². The third-order valence-corrected chi connectivity index (χ3v) is 4.58. The summed E-state index contributed by atoms with van der Waals surface area (Å²) in [6, 6.07) is 0. The Morgan fingerprint density at radius 2 is 1.88 bits per heavy atom. The second kappa shape index (κ2) is 8.79. The number of ether oxygens (including phenoxy) is 1. The first-order chi connectivity index (χ1) is 11.5. The molecule has 0 aromatic carbocycles. The van der Waals surface area contributed by atoms with Crippen LogP contribution in [0.25, 0.3) is 0 Å². The van der Waals surface area contributed by atoms with Gasteiger partial charge >= 0.3 is 0 Å². The van der Waals surface area contributed by atoms with Gasteiger partial charge in [-0.1, -0.05) is 20.3 Å². The lowest BCUT2D eigenvalue weighted by Crippen LogP contribution is -2.46. The quantitative estimate of drug-likeness (QED) is 0.612. The van der Waals surface area contributed by atoms with E-state index < -0.39 is 5.54 Å². The molecule has 1 unspecified atom stereocenters. The molecule has 0 spiro atoms. The fourth-order valence-corrected chi connectivity index (χ4v) is 3.06. The van der Waals surface area contributed by atoms with Crippen LogP contribution in [0.15, 0.2) is 0 Å². The predicted octanol–water partition coefficient (Wildman–Crippen LogP) is 2.65. The smallest absolute Gasteiger partial charge is 0.232 e. The average molecular weight is 354 g/mol. The minimum absolute atomic E-state index is 0.135. The highest BCUT2D eigenvalue weighted by Crippen LogP contribution is 2.20. The molecule has 0 bridgehead atoms. The molecule has 144 valence electrons. The van der Waals surface area contributed by atoms with Gasteiger partial charge in [0.15, 0.2) is 0 Å². The zero-order valence-corrected chi connectivity index (χ0v) is 16.6. The van der Waals surface area contributed by atoms with Crippen molar-refractivity contribution >= 4 is 17.7 Å². The van der Waals surface area contributed by atoms with Gasteiger partial charge in [0.25, 0.3) is 0 Å². The van der Waals surface area contributed by atoms with E-state index in [2.05, 4.69) is 26.1 Å². The van der Waals surface area contributed by atoms with Crippen molar-refractivity contribution in [3.05, 3.63) is 0 Å². The van der Waals surface area contributed by atoms with E-state index in [0.717, 1.165) is 12.8 Å². The number of hydrogen-bond donors (Lipinski definition) is 1. The highest BCUT2D eigenvalue weighted by Gasteiger charge is 2.35. The fourth-order valence-electron chi connectivity index (χ4n) is 3.06. The standard InChI is InChI=1S/C19H34N2O4/c1-7-9-19(5,6)25-12-10-18(3,4)20-15(22)8-11-21-16(23)13-14(2)17(21)24/h14H,7-13H2,1-6H3,(H,20,22). The Kier molecular flexibility index (Phi) is 7.60. The summed E-state index contributed by atoms with van der Waals surface area (Å²) in [6.45, 7) is 12.7. The van der Waals surface area contributed by atoms with Gasteiger partial charge in [0, 0.05) is 37.5 Å². The summed E-state index contributed by atoms with van der Waals surface area (Å²) < 4.78 is 5.92. The van der Waals surface area contributed by atoms with Gasteiger partial charge in [0.1, 0.15) is 0 Å². The molecular weight excluding hydrogens is 320 g/mol. The lowest BCUT2D eigenvalue weighted by atomic mass is 10.00. The van der Waals surface area contributed by atoms with Crippen LogP contribution in [0.4, 0.5) is 0 Å². The molecule has 0 aromatic rings. The molecule has 1 N–H and O–H groups in total. The van der Waals surface area contributed by atoms with E-state index in [4.69, 9.17) is 4.74 Å². The molecule has 1 rings (SSSR count). The highest BCUT2D eigenvalue weighted by atomic mass is 16.5. The van der Waals surface area contributed by atoms with Crippen LogP contribution in [0.2, 0.25) is 0 Å². The van der Waals surface area contributed by atoms with Crippen molar-refractivity contribution in [3.8, 4) is 0 Å². The van der Waals surface area contributed by atoms with Crippen molar-refractivity contribution in [1.82, 2.24) is 10.2 Å². The van der Waals surface area contributed by atoms with Crippen LogP contribution >= 0.6 is 0 Å². The Morgan fingerprint density at radius 3 is 2.40 bits per heavy atom. The number of imide groups is 1. The summed E-state index contributed by atoms with van der Waals surface area (Å²) in [6.07, 6.45) is 3.15. The Balaban J connectivity index is 2.37. The number of rotatable bonds is 10. The van der Waals surface area contributed by atoms with Crippen molar-refractivity contribution in [1.29, 1.82) is 0 Å². The molecule has 6 nitrogen and oxygen atoms in total. The molecule has 0 radical (unpaired) electrons. The third kappa shape index (κ3) is 7.14. The van der Waals surface area contributed by atoms with Crippen molar-refractivity contribution in [2.24, 2.45) is 5.92 Å². The normalized spacial score (nSPS) is 18.8. The van der Waals surface area contributed by atoms with Crippen molar-refractivity contribution < 1.29 is 19.1 Å². The molecular formula is C19H34N2O4. The van der Waals surface area contributed by atoms with E-state index >= 15 is 0 Å². The molecule has 1 saturated heterocycles. The van der Waals surface area contributed by atoms with Crippen LogP contribution in [-0.4, -0.2) is 46.9 Å². The van der Waals surface area contributed by atoms with Crippen LogP contribution in [-0.2, 0) is 19.1 Å². The van der Waals surface area contributed by atoms with E-state index in [1.54, 1.807) is 6.92 Å². The van der Waals surface area contributed by atoms with Gasteiger partial charge in [-0.25, -0.2) is 0 Å². The van der Waals surface area contributed by atoms with Crippen molar-refractivity contribution in [2.45, 2.75) is 84.8 Å². The monoisotopic (exact) mass is 354 g/mol. The van der Waals surface area contributed by atoms with Crippen LogP contribution in [0, 0.1) is 5.92 Å². The number of carbonyl (C=O) groups excluding carboxylic acids is 3. The minimum atomic E-state index is -0.397. The first kappa shape index (κ1) is 21.6. The van der Waals surface area contributed by atoms with Gasteiger partial charge in [0.05, 0.1) is 5.60 Å². The molecule has 1 aliphatic rings. The third-order valence-electron chi connectivity index (χ3n) is 4.58. The Labute approximate surface area is 151 Å². The van der Waals surface area contributed by atoms with Crippen LogP contribution < -0.4 is 5.32 Å². The number of likely N-dealkylation sites (tertiary alicyclic amines) is 1. The molecule has 25 heavy (non-hydrogen) atoms. The Morgan fingerprint density at radius 1 is 1.24 bits per heavy atom. The summed E-state index contributed by atoms with van der Waals surface area (Å²) in [7, 11) is 0. The van der Waals surface area contributed by atoms with Gasteiger partial charge in [-0.3, -0.25) is 19.3 Å². The molecule has 0 aliphatic carbocycles. The molecule has 6 heteroatoms. The minimum Gasteiger partial charge on any atom is -0.375 e. The van der Waals surface area contributed by atoms with E-state index in [1.807, 2.05) is 13.8 Å². The topological polar surface area (TPSA) is 75.7 Å². The highest BCUT2D eigenvalue weighted by molar-refractivity contribution is 6.03. The van der Waals surface area contributed by atoms with Crippen molar-refractivity contribution in [3.63, 3.8) is 0 Å². The SMILES string of the molecule is CCCC(C)(C)OCCC(C)(C)NC(=O)CCN1C(=O)CC(C)C1=O. The lowest BCUT2D eigenvalue weighted by molar-refractivity contribution is -0.139. The summed E-state index contributed by atoms with van der Waals surface area (Å²) in [5, 5.41) is 2.97. The van der Waals surface area contributed by atoms with E-state index in [9.17, 15) is 14.4 Å². The average Bonchev–Trinajstić information content (AvgIpc) is 2.69. The summed E-state index contributed by atoms with van der Waals surface area (Å²) in [5.74, 6) is -0.784. The van der Waals surface area contributed by atoms with E-state index in [-0.39, 0.29) is 48.6 Å². The zero-order valence-electron chi connectivity index (χ0n) is 16.6. The summed E-state index contributed by atoms with van der Waals surface area (Å²) >= 11 is 0. The second-order valence-corrected chi connectivity index (χ2v) is 8.28. The maximum atomic E-state index is 12.2. The number of carbonyl (C=O) groups is 3. The van der Waals surface area contributed by atoms with Gasteiger partial charge in [-0.15, -0.1) is 0 Å². The lowest BCUT2D eigenvalue weighted by Gasteiger charge is -2.30. The molecule has 1 fully saturated rings. The predicted molar refractivity (Wildman–Crippen MR) is 96.9 cm³/mol. The maximum Gasteiger partial charge on any atom is 0.232 e. The first-order valence-electron chi connectivity index (χ1n) is 9.26. The molecule has 0 aromatic heterocycles. The van der Waals surface area contributed by atoms with Gasteiger partial charge in [-0.2, -0.15) is 0 Å². The van der Waals surface area contributed by atoms with Crippen molar-refractivity contribution in [2.75, 3.05) is 13.2 Å². The Bertz CT molecular complexity index is 500. The van der Waals surface area contributed by atoms with E-state index in [1.165, 1.54) is 4.90 Å². The van der Waals surface area contributed by atoms with Crippen LogP contribution in [0.5, 0.6) is 0 Å². The number of nitrogens with one attached hydrogen (secondary N) is 1. The molecule has 0 saturated carbocycles. The molecule has 3 amide bonds. The number of nitrogens with zero attached hydrogens (tertiary/aromatic N) is 1. The van der Waals surface area contributed by atoms with Gasteiger partial charge in [0.2, 0.25) is 17.7 Å². The van der Waals surface area contributed by atoms with Crippen LogP contribution in [0.3, 0.4) is 0 Å². The zero-order chi connectivity index (χ0) is 19.3. The number of amides is 3. The Hall–Kier alpha value is -1.43. The first-order valence-corrected chi connectivity index (χ1v) is 9.26. The summed E-state index contributed by atoms with van der Waals surface area (Å²) in [4.78, 5) is 37.0. The summed E-state index contributed by atoms with van der Waals surface area (Å²) in [5.41, 5.74) is -0.548. The van der Waals surface area contributed by atoms with Gasteiger partial charge in [-0.05, 0) is 40.5 Å².